The van der Waals surface area contributed by atoms with Gasteiger partial charge in [0.2, 0.25) is 0 Å². The Morgan fingerprint density at radius 2 is 2.10 bits per heavy atom. The molecule has 3 N–H and O–H groups in total. The lowest BCUT2D eigenvalue weighted by atomic mass is 9.83. The lowest BCUT2D eigenvalue weighted by Crippen LogP contribution is -2.44. The average Bonchev–Trinajstić information content (AvgIpc) is 3.19. The van der Waals surface area contributed by atoms with Crippen molar-refractivity contribution in [3.05, 3.63) is 61.8 Å². The molecule has 2 aliphatic heterocycles. The van der Waals surface area contributed by atoms with Crippen LogP contribution in [0, 0.1) is 0 Å². The van der Waals surface area contributed by atoms with Crippen molar-refractivity contribution in [2.75, 3.05) is 19.7 Å². The molecule has 2 aromatic heterocycles. The van der Waals surface area contributed by atoms with Crippen LogP contribution >= 0.6 is 11.3 Å². The molecule has 0 saturated carbocycles. The Bertz CT molecular complexity index is 1130. The number of carbonyl (C=O) groups is 1. The fraction of sp³-hybridized carbons (Fsp3) is 0.381. The highest BCUT2D eigenvalue weighted by Gasteiger charge is 2.40. The van der Waals surface area contributed by atoms with E-state index in [0.29, 0.717) is 28.2 Å². The normalized spacial score (nSPS) is 17.9. The average molecular weight is 410 g/mol. The number of aromatic nitrogens is 2. The molecular weight excluding hydrogens is 388 g/mol. The molecule has 0 bridgehead atoms. The maximum atomic E-state index is 12.8. The monoisotopic (exact) mass is 410 g/mol. The number of amides is 1. The van der Waals surface area contributed by atoms with Gasteiger partial charge in [0.1, 0.15) is 5.82 Å². The summed E-state index contributed by atoms with van der Waals surface area (Å²) < 4.78 is 6.19. The Hall–Kier alpha value is -2.55. The second-order valence-electron chi connectivity index (χ2n) is 7.50. The molecule has 0 radical (unpaired) electrons. The minimum atomic E-state index is -0.251. The van der Waals surface area contributed by atoms with E-state index in [0.717, 1.165) is 32.4 Å². The van der Waals surface area contributed by atoms with Crippen LogP contribution in [-0.2, 0) is 23.3 Å². The number of thiophene rings is 1. The van der Waals surface area contributed by atoms with E-state index in [-0.39, 0.29) is 23.6 Å². The molecule has 1 spiro atoms. The minimum Gasteiger partial charge on any atom is -0.370 e. The summed E-state index contributed by atoms with van der Waals surface area (Å²) in [6.45, 7) is 2.74. The van der Waals surface area contributed by atoms with E-state index in [1.165, 1.54) is 10.4 Å². The van der Waals surface area contributed by atoms with E-state index in [4.69, 9.17) is 4.74 Å². The lowest BCUT2D eigenvalue weighted by molar-refractivity contribution is -0.0792. The van der Waals surface area contributed by atoms with Gasteiger partial charge >= 0.3 is 0 Å². The van der Waals surface area contributed by atoms with Gasteiger partial charge < -0.3 is 20.4 Å². The predicted octanol–water partition coefficient (Wildman–Crippen LogP) is 2.07. The van der Waals surface area contributed by atoms with Crippen molar-refractivity contribution in [3.63, 3.8) is 0 Å². The number of fused-ring (bicyclic) bond motifs is 3. The van der Waals surface area contributed by atoms with Crippen LogP contribution in [0.25, 0.3) is 10.9 Å². The Kier molecular flexibility index (Phi) is 4.69. The summed E-state index contributed by atoms with van der Waals surface area (Å²) in [6, 6.07) is 9.17. The van der Waals surface area contributed by atoms with Gasteiger partial charge in [0.05, 0.1) is 34.5 Å². The zero-order valence-corrected chi connectivity index (χ0v) is 16.7. The van der Waals surface area contributed by atoms with Crippen molar-refractivity contribution in [1.82, 2.24) is 20.6 Å². The van der Waals surface area contributed by atoms with Crippen LogP contribution in [0.2, 0.25) is 0 Å². The molecule has 0 unspecified atom stereocenters. The van der Waals surface area contributed by atoms with Crippen molar-refractivity contribution in [1.29, 1.82) is 0 Å². The van der Waals surface area contributed by atoms with Crippen LogP contribution in [0.3, 0.4) is 0 Å². The minimum absolute atomic E-state index is 0.149. The molecular formula is C21H22N4O3S. The van der Waals surface area contributed by atoms with Gasteiger partial charge in [-0.05, 0) is 49.7 Å². The number of benzene rings is 1. The largest absolute Gasteiger partial charge is 0.370 e. The standard InChI is InChI=1S/C21H22N4O3S/c26-19-13-3-1-2-4-15(13)24-18(25-19)12-23-20(27)17-11-14-16(29-17)5-10-28-21(14)6-8-22-9-7-21/h1-4,11,22H,5-10,12H2,(H,23,27)(H,24,25,26). The van der Waals surface area contributed by atoms with Gasteiger partial charge in [0, 0.05) is 11.3 Å². The summed E-state index contributed by atoms with van der Waals surface area (Å²) in [6.07, 6.45) is 2.71. The van der Waals surface area contributed by atoms with Crippen molar-refractivity contribution >= 4 is 28.1 Å². The van der Waals surface area contributed by atoms with Crippen molar-refractivity contribution in [2.45, 2.75) is 31.4 Å². The van der Waals surface area contributed by atoms with Crippen molar-refractivity contribution in [3.8, 4) is 0 Å². The number of H-pyrrole nitrogens is 1. The summed E-state index contributed by atoms with van der Waals surface area (Å²) in [7, 11) is 0. The zero-order valence-electron chi connectivity index (χ0n) is 15.9. The van der Waals surface area contributed by atoms with Gasteiger partial charge in [-0.1, -0.05) is 12.1 Å². The van der Waals surface area contributed by atoms with Gasteiger partial charge in [-0.25, -0.2) is 4.98 Å². The molecule has 4 heterocycles. The summed E-state index contributed by atoms with van der Waals surface area (Å²) in [4.78, 5) is 34.1. The van der Waals surface area contributed by atoms with E-state index < -0.39 is 0 Å². The Balaban J connectivity index is 1.35. The molecule has 8 heteroatoms. The molecule has 7 nitrogen and oxygen atoms in total. The smallest absolute Gasteiger partial charge is 0.261 e. The van der Waals surface area contributed by atoms with Gasteiger partial charge in [0.15, 0.2) is 0 Å². The third-order valence-corrected chi connectivity index (χ3v) is 6.91. The molecule has 0 aliphatic carbocycles. The number of ether oxygens (including phenoxy) is 1. The Morgan fingerprint density at radius 1 is 1.28 bits per heavy atom. The molecule has 2 aliphatic rings. The quantitative estimate of drug-likeness (QED) is 0.614. The maximum absolute atomic E-state index is 12.8. The highest BCUT2D eigenvalue weighted by Crippen LogP contribution is 2.43. The number of hydrogen-bond acceptors (Lipinski definition) is 6. The molecule has 29 heavy (non-hydrogen) atoms. The second-order valence-corrected chi connectivity index (χ2v) is 8.64. The Morgan fingerprint density at radius 3 is 2.97 bits per heavy atom. The van der Waals surface area contributed by atoms with E-state index in [1.807, 2.05) is 12.1 Å². The molecule has 3 aromatic rings. The summed E-state index contributed by atoms with van der Waals surface area (Å²) >= 11 is 1.55. The lowest BCUT2D eigenvalue weighted by Gasteiger charge is -2.40. The predicted molar refractivity (Wildman–Crippen MR) is 111 cm³/mol. The van der Waals surface area contributed by atoms with Crippen LogP contribution in [0.1, 0.15) is 38.8 Å². The van der Waals surface area contributed by atoms with Crippen LogP contribution in [0.15, 0.2) is 35.1 Å². The molecule has 1 fully saturated rings. The van der Waals surface area contributed by atoms with Crippen LogP contribution in [0.5, 0.6) is 0 Å². The molecule has 1 amide bonds. The molecule has 150 valence electrons. The topological polar surface area (TPSA) is 96.1 Å². The van der Waals surface area contributed by atoms with E-state index >= 15 is 0 Å². The first-order valence-electron chi connectivity index (χ1n) is 9.89. The van der Waals surface area contributed by atoms with E-state index in [9.17, 15) is 9.59 Å². The maximum Gasteiger partial charge on any atom is 0.261 e. The van der Waals surface area contributed by atoms with Gasteiger partial charge in [-0.15, -0.1) is 11.3 Å². The summed E-state index contributed by atoms with van der Waals surface area (Å²) in [5.41, 5.74) is 1.35. The third kappa shape index (κ3) is 3.37. The van der Waals surface area contributed by atoms with E-state index in [2.05, 4.69) is 20.6 Å². The van der Waals surface area contributed by atoms with Crippen molar-refractivity contribution in [2.24, 2.45) is 0 Å². The van der Waals surface area contributed by atoms with Crippen LogP contribution in [-0.4, -0.2) is 35.6 Å². The SMILES string of the molecule is O=C(NCc1nc2ccccc2c(=O)[nH]1)c1cc2c(s1)CCOC21CCNCC1. The number of nitrogens with zero attached hydrogens (tertiary/aromatic N) is 1. The first kappa shape index (κ1) is 18.5. The number of aromatic amines is 1. The van der Waals surface area contributed by atoms with Gasteiger partial charge in [-0.2, -0.15) is 0 Å². The number of rotatable bonds is 3. The summed E-state index contributed by atoms with van der Waals surface area (Å²) in [5, 5.41) is 6.82. The fourth-order valence-corrected chi connectivity index (χ4v) is 5.39. The number of hydrogen-bond donors (Lipinski definition) is 3. The highest BCUT2D eigenvalue weighted by molar-refractivity contribution is 7.14. The highest BCUT2D eigenvalue weighted by atomic mass is 32.1. The first-order valence-corrected chi connectivity index (χ1v) is 10.7. The molecule has 1 saturated heterocycles. The number of para-hydroxylation sites is 1. The second kappa shape index (κ2) is 7.37. The zero-order chi connectivity index (χ0) is 19.8. The number of carbonyl (C=O) groups excluding carboxylic acids is 1. The number of piperidine rings is 1. The van der Waals surface area contributed by atoms with E-state index in [1.54, 1.807) is 29.5 Å². The summed E-state index contributed by atoms with van der Waals surface area (Å²) in [5.74, 6) is 0.297. The first-order chi connectivity index (χ1) is 14.1. The third-order valence-electron chi connectivity index (χ3n) is 5.72. The van der Waals surface area contributed by atoms with Crippen molar-refractivity contribution < 1.29 is 9.53 Å². The Labute approximate surface area is 171 Å². The number of nitrogens with one attached hydrogen (secondary N) is 3. The molecule has 5 rings (SSSR count). The van der Waals surface area contributed by atoms with Gasteiger partial charge in [-0.3, -0.25) is 9.59 Å². The van der Waals surface area contributed by atoms with Gasteiger partial charge in [0.25, 0.3) is 11.5 Å². The molecule has 0 atom stereocenters. The van der Waals surface area contributed by atoms with Crippen LogP contribution in [0.4, 0.5) is 0 Å². The molecule has 1 aromatic carbocycles. The fourth-order valence-electron chi connectivity index (χ4n) is 4.24. The van der Waals surface area contributed by atoms with Crippen LogP contribution < -0.4 is 16.2 Å².